The van der Waals surface area contributed by atoms with Crippen LogP contribution >= 0.6 is 0 Å². The Bertz CT molecular complexity index is 263. The highest BCUT2D eigenvalue weighted by molar-refractivity contribution is 7.89. The van der Waals surface area contributed by atoms with Gasteiger partial charge in [0, 0.05) is 31.7 Å². The van der Waals surface area contributed by atoms with Gasteiger partial charge in [0.1, 0.15) is 0 Å². The van der Waals surface area contributed by atoms with Crippen LogP contribution in [0.5, 0.6) is 0 Å². The number of hydrogen-bond acceptors (Lipinski definition) is 4. The van der Waals surface area contributed by atoms with Gasteiger partial charge in [0.25, 0.3) is 0 Å². The number of aliphatic hydroxyl groups is 1. The minimum Gasteiger partial charge on any atom is -0.396 e. The lowest BCUT2D eigenvalue weighted by Gasteiger charge is -2.21. The van der Waals surface area contributed by atoms with E-state index in [4.69, 9.17) is 5.11 Å². The van der Waals surface area contributed by atoms with Gasteiger partial charge in [0.15, 0.2) is 0 Å². The molecule has 0 aromatic heterocycles. The molecule has 0 unspecified atom stereocenters. The monoisotopic (exact) mass is 238 g/mol. The number of aliphatic hydroxyl groups excluding tert-OH is 1. The number of hydrogen-bond donors (Lipinski definition) is 3. The average molecular weight is 238 g/mol. The molecule has 0 aliphatic heterocycles. The SMILES string of the molecule is CCNS(=O)(=O)CCNCC(C)(C)CO. The van der Waals surface area contributed by atoms with Crippen molar-refractivity contribution in [1.29, 1.82) is 0 Å². The molecule has 0 rings (SSSR count). The average Bonchev–Trinajstić information content (AvgIpc) is 2.13. The van der Waals surface area contributed by atoms with E-state index in [1.165, 1.54) is 0 Å². The van der Waals surface area contributed by atoms with Gasteiger partial charge in [-0.3, -0.25) is 0 Å². The Hall–Kier alpha value is -0.170. The summed E-state index contributed by atoms with van der Waals surface area (Å²) in [6.45, 7) is 7.09. The van der Waals surface area contributed by atoms with Gasteiger partial charge in [-0.1, -0.05) is 20.8 Å². The van der Waals surface area contributed by atoms with E-state index in [-0.39, 0.29) is 17.8 Å². The second kappa shape index (κ2) is 6.42. The molecule has 0 aromatic carbocycles. The lowest BCUT2D eigenvalue weighted by molar-refractivity contribution is 0.158. The van der Waals surface area contributed by atoms with Crippen molar-refractivity contribution >= 4 is 10.0 Å². The molecule has 0 saturated carbocycles. The van der Waals surface area contributed by atoms with Crippen LogP contribution in [0.15, 0.2) is 0 Å². The van der Waals surface area contributed by atoms with Crippen molar-refractivity contribution in [3.05, 3.63) is 0 Å². The number of nitrogens with one attached hydrogen (secondary N) is 2. The third-order valence-electron chi connectivity index (χ3n) is 1.94. The standard InChI is InChI=1S/C9H22N2O3S/c1-4-11-15(13,14)6-5-10-7-9(2,3)8-12/h10-12H,4-8H2,1-3H3. The van der Waals surface area contributed by atoms with Gasteiger partial charge in [-0.05, 0) is 0 Å². The second-order valence-electron chi connectivity index (χ2n) is 4.32. The maximum absolute atomic E-state index is 11.2. The second-order valence-corrected chi connectivity index (χ2v) is 6.24. The molecule has 0 heterocycles. The Morgan fingerprint density at radius 1 is 1.33 bits per heavy atom. The molecule has 92 valence electrons. The molecule has 0 amide bonds. The Morgan fingerprint density at radius 2 is 1.93 bits per heavy atom. The Labute approximate surface area is 92.3 Å². The first-order chi connectivity index (χ1) is 6.83. The first-order valence-electron chi connectivity index (χ1n) is 5.12. The molecular weight excluding hydrogens is 216 g/mol. The van der Waals surface area contributed by atoms with E-state index < -0.39 is 10.0 Å². The molecule has 6 heteroatoms. The van der Waals surface area contributed by atoms with Crippen LogP contribution < -0.4 is 10.0 Å². The van der Waals surface area contributed by atoms with Crippen LogP contribution in [-0.2, 0) is 10.0 Å². The maximum Gasteiger partial charge on any atom is 0.212 e. The van der Waals surface area contributed by atoms with Gasteiger partial charge in [0.2, 0.25) is 10.0 Å². The van der Waals surface area contributed by atoms with Gasteiger partial charge < -0.3 is 10.4 Å². The number of sulfonamides is 1. The summed E-state index contributed by atoms with van der Waals surface area (Å²) in [7, 11) is -3.13. The summed E-state index contributed by atoms with van der Waals surface area (Å²) in [4.78, 5) is 0. The van der Waals surface area contributed by atoms with Crippen molar-refractivity contribution in [2.75, 3.05) is 32.0 Å². The molecule has 0 radical (unpaired) electrons. The van der Waals surface area contributed by atoms with Crippen LogP contribution in [-0.4, -0.2) is 45.5 Å². The van der Waals surface area contributed by atoms with E-state index in [1.54, 1.807) is 6.92 Å². The molecule has 0 bridgehead atoms. The van der Waals surface area contributed by atoms with E-state index in [2.05, 4.69) is 10.0 Å². The van der Waals surface area contributed by atoms with Crippen molar-refractivity contribution in [2.45, 2.75) is 20.8 Å². The van der Waals surface area contributed by atoms with Gasteiger partial charge in [-0.2, -0.15) is 0 Å². The predicted octanol–water partition coefficient (Wildman–Crippen LogP) is -0.466. The Balaban J connectivity index is 3.72. The van der Waals surface area contributed by atoms with Crippen LogP contribution in [0, 0.1) is 5.41 Å². The fourth-order valence-electron chi connectivity index (χ4n) is 0.981. The molecule has 5 nitrogen and oxygen atoms in total. The minimum absolute atomic E-state index is 0.0718. The van der Waals surface area contributed by atoms with Crippen LogP contribution in [0.3, 0.4) is 0 Å². The molecular formula is C9H22N2O3S. The molecule has 0 atom stereocenters. The zero-order chi connectivity index (χ0) is 11.9. The molecule has 0 aromatic rings. The molecule has 0 aliphatic carbocycles. The largest absolute Gasteiger partial charge is 0.396 e. The summed E-state index contributed by atoms with van der Waals surface area (Å²) >= 11 is 0. The van der Waals surface area contributed by atoms with Crippen molar-refractivity contribution in [3.63, 3.8) is 0 Å². The molecule has 0 aliphatic rings. The lowest BCUT2D eigenvalue weighted by Crippen LogP contribution is -2.37. The van der Waals surface area contributed by atoms with E-state index in [0.717, 1.165) is 0 Å². The van der Waals surface area contributed by atoms with E-state index in [1.807, 2.05) is 13.8 Å². The van der Waals surface area contributed by atoms with Gasteiger partial charge >= 0.3 is 0 Å². The van der Waals surface area contributed by atoms with Crippen LogP contribution in [0.2, 0.25) is 0 Å². The van der Waals surface area contributed by atoms with Gasteiger partial charge in [0.05, 0.1) is 5.75 Å². The van der Waals surface area contributed by atoms with Crippen molar-refractivity contribution in [3.8, 4) is 0 Å². The Kier molecular flexibility index (Phi) is 6.35. The van der Waals surface area contributed by atoms with Crippen LogP contribution in [0.4, 0.5) is 0 Å². The highest BCUT2D eigenvalue weighted by Crippen LogP contribution is 2.10. The van der Waals surface area contributed by atoms with Crippen molar-refractivity contribution in [2.24, 2.45) is 5.41 Å². The summed E-state index contributed by atoms with van der Waals surface area (Å²) in [5.74, 6) is 0.0718. The van der Waals surface area contributed by atoms with Gasteiger partial charge in [-0.25, -0.2) is 13.1 Å². The molecule has 0 saturated heterocycles. The molecule has 0 fully saturated rings. The normalized spacial score (nSPS) is 13.1. The molecule has 3 N–H and O–H groups in total. The first-order valence-corrected chi connectivity index (χ1v) is 6.77. The molecule has 0 spiro atoms. The zero-order valence-corrected chi connectivity index (χ0v) is 10.5. The summed E-state index contributed by atoms with van der Waals surface area (Å²) in [5, 5.41) is 12.0. The highest BCUT2D eigenvalue weighted by atomic mass is 32.2. The fraction of sp³-hybridized carbons (Fsp3) is 1.00. The lowest BCUT2D eigenvalue weighted by atomic mass is 9.95. The summed E-state index contributed by atoms with van der Waals surface area (Å²) in [6.07, 6.45) is 0. The molecule has 15 heavy (non-hydrogen) atoms. The van der Waals surface area contributed by atoms with Gasteiger partial charge in [-0.15, -0.1) is 0 Å². The third-order valence-corrected chi connectivity index (χ3v) is 3.41. The van der Waals surface area contributed by atoms with Crippen LogP contribution in [0.1, 0.15) is 20.8 Å². The fourth-order valence-corrected chi connectivity index (χ4v) is 1.98. The summed E-state index contributed by atoms with van der Waals surface area (Å²) in [5.41, 5.74) is -0.206. The zero-order valence-electron chi connectivity index (χ0n) is 9.71. The Morgan fingerprint density at radius 3 is 2.40 bits per heavy atom. The quantitative estimate of drug-likeness (QED) is 0.500. The summed E-state index contributed by atoms with van der Waals surface area (Å²) in [6, 6.07) is 0. The van der Waals surface area contributed by atoms with Crippen molar-refractivity contribution in [1.82, 2.24) is 10.0 Å². The maximum atomic E-state index is 11.2. The van der Waals surface area contributed by atoms with E-state index in [0.29, 0.717) is 19.6 Å². The number of rotatable bonds is 8. The highest BCUT2D eigenvalue weighted by Gasteiger charge is 2.16. The first kappa shape index (κ1) is 14.8. The predicted molar refractivity (Wildman–Crippen MR) is 61.2 cm³/mol. The third kappa shape index (κ3) is 7.72. The minimum atomic E-state index is -3.13. The topological polar surface area (TPSA) is 78.4 Å². The summed E-state index contributed by atoms with van der Waals surface area (Å²) < 4.78 is 24.9. The smallest absolute Gasteiger partial charge is 0.212 e. The van der Waals surface area contributed by atoms with Crippen molar-refractivity contribution < 1.29 is 13.5 Å². The van der Waals surface area contributed by atoms with E-state index >= 15 is 0 Å². The van der Waals surface area contributed by atoms with Crippen LogP contribution in [0.25, 0.3) is 0 Å². The van der Waals surface area contributed by atoms with E-state index in [9.17, 15) is 8.42 Å².